The largest absolute Gasteiger partial charge is 0.493 e. The van der Waals surface area contributed by atoms with Crippen LogP contribution in [0.5, 0.6) is 11.5 Å². The van der Waals surface area contributed by atoms with Crippen molar-refractivity contribution in [3.05, 3.63) is 82.2 Å². The summed E-state index contributed by atoms with van der Waals surface area (Å²) in [6, 6.07) is 16.6. The van der Waals surface area contributed by atoms with Crippen molar-refractivity contribution in [2.24, 2.45) is 0 Å². The second-order valence-electron chi connectivity index (χ2n) is 9.88. The number of carbonyl (C=O) groups excluding carboxylic acids is 2. The van der Waals surface area contributed by atoms with Crippen LogP contribution in [0.2, 0.25) is 0 Å². The molecule has 1 fully saturated rings. The third-order valence-electron chi connectivity index (χ3n) is 7.11. The van der Waals surface area contributed by atoms with Gasteiger partial charge in [-0.15, -0.1) is 0 Å². The van der Waals surface area contributed by atoms with Crippen LogP contribution in [0, 0.1) is 0 Å². The van der Waals surface area contributed by atoms with Gasteiger partial charge in [-0.3, -0.25) is 14.5 Å². The Labute approximate surface area is 250 Å². The molecule has 4 rings (SSSR count). The SMILES string of the molecule is COc1ccc(CCN(Cc2ccco2)C(=O)CN(CCCN2CCOCC2)C(=O)c2ccc(Br)cc2)cc1OC. The van der Waals surface area contributed by atoms with Gasteiger partial charge in [0.2, 0.25) is 5.91 Å². The van der Waals surface area contributed by atoms with Crippen LogP contribution in [0.4, 0.5) is 0 Å². The summed E-state index contributed by atoms with van der Waals surface area (Å²) >= 11 is 3.43. The zero-order valence-electron chi connectivity index (χ0n) is 23.7. The molecule has 3 aromatic rings. The average Bonchev–Trinajstić information content (AvgIpc) is 3.52. The monoisotopic (exact) mass is 627 g/mol. The van der Waals surface area contributed by atoms with Crippen molar-refractivity contribution in [2.75, 3.05) is 66.7 Å². The molecule has 41 heavy (non-hydrogen) atoms. The Morgan fingerprint density at radius 3 is 2.39 bits per heavy atom. The molecule has 2 heterocycles. The molecule has 10 heteroatoms. The summed E-state index contributed by atoms with van der Waals surface area (Å²) in [7, 11) is 3.20. The maximum absolute atomic E-state index is 13.8. The second-order valence-corrected chi connectivity index (χ2v) is 10.8. The lowest BCUT2D eigenvalue weighted by molar-refractivity contribution is -0.132. The number of methoxy groups -OCH3 is 2. The van der Waals surface area contributed by atoms with Crippen LogP contribution in [0.1, 0.15) is 28.1 Å². The molecule has 2 aromatic carbocycles. The van der Waals surface area contributed by atoms with E-state index in [0.717, 1.165) is 49.3 Å². The van der Waals surface area contributed by atoms with Gasteiger partial charge in [0.15, 0.2) is 11.5 Å². The van der Waals surface area contributed by atoms with Crippen LogP contribution in [0.15, 0.2) is 69.8 Å². The minimum absolute atomic E-state index is 0.0232. The second kappa shape index (κ2) is 15.6. The molecule has 0 spiro atoms. The molecule has 0 atom stereocenters. The highest BCUT2D eigenvalue weighted by molar-refractivity contribution is 9.10. The lowest BCUT2D eigenvalue weighted by atomic mass is 10.1. The van der Waals surface area contributed by atoms with Crippen molar-refractivity contribution >= 4 is 27.7 Å². The zero-order chi connectivity index (χ0) is 29.0. The number of benzene rings is 2. The predicted octanol–water partition coefficient (Wildman–Crippen LogP) is 4.50. The van der Waals surface area contributed by atoms with Gasteiger partial charge >= 0.3 is 0 Å². The smallest absolute Gasteiger partial charge is 0.254 e. The third kappa shape index (κ3) is 9.08. The molecule has 9 nitrogen and oxygen atoms in total. The van der Waals surface area contributed by atoms with Gasteiger partial charge in [-0.2, -0.15) is 0 Å². The molecule has 220 valence electrons. The molecular formula is C31H38BrN3O6. The van der Waals surface area contributed by atoms with E-state index in [-0.39, 0.29) is 18.4 Å². The maximum atomic E-state index is 13.8. The molecule has 2 amide bonds. The molecule has 1 aliphatic heterocycles. The minimum atomic E-state index is -0.161. The minimum Gasteiger partial charge on any atom is -0.493 e. The molecule has 0 saturated carbocycles. The molecule has 1 aliphatic rings. The van der Waals surface area contributed by atoms with E-state index in [1.807, 2.05) is 36.4 Å². The van der Waals surface area contributed by atoms with Crippen molar-refractivity contribution in [3.63, 3.8) is 0 Å². The number of hydrogen-bond acceptors (Lipinski definition) is 7. The van der Waals surface area contributed by atoms with Crippen LogP contribution in [-0.4, -0.2) is 93.2 Å². The van der Waals surface area contributed by atoms with E-state index < -0.39 is 0 Å². The fourth-order valence-corrected chi connectivity index (χ4v) is 5.05. The van der Waals surface area contributed by atoms with Crippen LogP contribution in [-0.2, 0) is 22.5 Å². The number of nitrogens with zero attached hydrogens (tertiary/aromatic N) is 3. The van der Waals surface area contributed by atoms with E-state index in [1.54, 1.807) is 48.5 Å². The van der Waals surface area contributed by atoms with E-state index in [0.29, 0.717) is 48.9 Å². The molecule has 1 aromatic heterocycles. The number of rotatable bonds is 14. The number of halogens is 1. The third-order valence-corrected chi connectivity index (χ3v) is 7.64. The van der Waals surface area contributed by atoms with E-state index in [4.69, 9.17) is 18.6 Å². The average molecular weight is 629 g/mol. The number of carbonyl (C=O) groups is 2. The normalized spacial score (nSPS) is 13.5. The Balaban J connectivity index is 1.47. The van der Waals surface area contributed by atoms with E-state index in [9.17, 15) is 9.59 Å². The molecule has 0 radical (unpaired) electrons. The summed E-state index contributed by atoms with van der Waals surface area (Å²) in [6.07, 6.45) is 2.96. The van der Waals surface area contributed by atoms with Crippen LogP contribution >= 0.6 is 15.9 Å². The Morgan fingerprint density at radius 1 is 0.951 bits per heavy atom. The topological polar surface area (TPSA) is 84.7 Å². The number of morpholine rings is 1. The highest BCUT2D eigenvalue weighted by Gasteiger charge is 2.24. The van der Waals surface area contributed by atoms with Gasteiger partial charge in [0.25, 0.3) is 5.91 Å². The van der Waals surface area contributed by atoms with Gasteiger partial charge in [-0.25, -0.2) is 0 Å². The maximum Gasteiger partial charge on any atom is 0.254 e. The first-order chi connectivity index (χ1) is 20.0. The number of amides is 2. The van der Waals surface area contributed by atoms with Crippen LogP contribution < -0.4 is 9.47 Å². The Morgan fingerprint density at radius 2 is 1.71 bits per heavy atom. The molecule has 0 bridgehead atoms. The Bertz CT molecular complexity index is 1250. The van der Waals surface area contributed by atoms with E-state index >= 15 is 0 Å². The number of hydrogen-bond donors (Lipinski definition) is 0. The Hall–Kier alpha value is -3.34. The fraction of sp³-hybridized carbons (Fsp3) is 0.419. The van der Waals surface area contributed by atoms with E-state index in [1.165, 1.54) is 0 Å². The fourth-order valence-electron chi connectivity index (χ4n) is 4.78. The van der Waals surface area contributed by atoms with Gasteiger partial charge in [-0.1, -0.05) is 22.0 Å². The number of furan rings is 1. The first-order valence-electron chi connectivity index (χ1n) is 13.8. The molecule has 1 saturated heterocycles. The lowest BCUT2D eigenvalue weighted by Crippen LogP contribution is -2.44. The van der Waals surface area contributed by atoms with Gasteiger partial charge in [0.1, 0.15) is 12.3 Å². The van der Waals surface area contributed by atoms with Crippen molar-refractivity contribution in [2.45, 2.75) is 19.4 Å². The standard InChI is InChI=1S/C31H38BrN3O6/c1-38-28-11-6-24(21-29(28)39-2)12-15-34(22-27-5-3-18-41-27)30(36)23-35(14-4-13-33-16-19-40-20-17-33)31(37)25-7-9-26(32)10-8-25/h3,5-11,18,21H,4,12-17,19-20,22-23H2,1-2H3. The van der Waals surface area contributed by atoms with Gasteiger partial charge in [0, 0.05) is 42.8 Å². The highest BCUT2D eigenvalue weighted by Crippen LogP contribution is 2.28. The predicted molar refractivity (Wildman–Crippen MR) is 159 cm³/mol. The molecular weight excluding hydrogens is 590 g/mol. The quantitative estimate of drug-likeness (QED) is 0.260. The van der Waals surface area contributed by atoms with Crippen LogP contribution in [0.25, 0.3) is 0 Å². The van der Waals surface area contributed by atoms with Crippen molar-refractivity contribution in [1.29, 1.82) is 0 Å². The lowest BCUT2D eigenvalue weighted by Gasteiger charge is -2.30. The first kappa shape index (κ1) is 30.6. The summed E-state index contributed by atoms with van der Waals surface area (Å²) < 4.78 is 22.7. The van der Waals surface area contributed by atoms with Crippen LogP contribution in [0.3, 0.4) is 0 Å². The summed E-state index contributed by atoms with van der Waals surface area (Å²) in [6.45, 7) is 5.27. The summed E-state index contributed by atoms with van der Waals surface area (Å²) in [4.78, 5) is 33.1. The summed E-state index contributed by atoms with van der Waals surface area (Å²) in [5.41, 5.74) is 1.56. The first-order valence-corrected chi connectivity index (χ1v) is 14.6. The van der Waals surface area contributed by atoms with Crippen molar-refractivity contribution < 1.29 is 28.2 Å². The molecule has 0 unspecified atom stereocenters. The highest BCUT2D eigenvalue weighted by atomic mass is 79.9. The molecule has 0 aliphatic carbocycles. The Kier molecular flexibility index (Phi) is 11.7. The van der Waals surface area contributed by atoms with Gasteiger partial charge < -0.3 is 28.4 Å². The summed E-state index contributed by atoms with van der Waals surface area (Å²) in [5.74, 6) is 1.67. The summed E-state index contributed by atoms with van der Waals surface area (Å²) in [5, 5.41) is 0. The van der Waals surface area contributed by atoms with Gasteiger partial charge in [0.05, 0.1) is 40.2 Å². The number of ether oxygens (including phenoxy) is 3. The van der Waals surface area contributed by atoms with Gasteiger partial charge in [-0.05, 0) is 66.9 Å². The zero-order valence-corrected chi connectivity index (χ0v) is 25.3. The van der Waals surface area contributed by atoms with Crippen molar-refractivity contribution in [1.82, 2.24) is 14.7 Å². The van der Waals surface area contributed by atoms with Crippen molar-refractivity contribution in [3.8, 4) is 11.5 Å². The molecule has 0 N–H and O–H groups in total. The van der Waals surface area contributed by atoms with E-state index in [2.05, 4.69) is 20.8 Å².